The van der Waals surface area contributed by atoms with Gasteiger partial charge in [-0.15, -0.1) is 0 Å². The highest BCUT2D eigenvalue weighted by Crippen LogP contribution is 2.01. The summed E-state index contributed by atoms with van der Waals surface area (Å²) >= 11 is 0. The van der Waals surface area contributed by atoms with E-state index in [9.17, 15) is 0 Å². The topological polar surface area (TPSA) is 64.7 Å². The molecule has 0 aromatic carbocycles. The van der Waals surface area contributed by atoms with Crippen LogP contribution in [0.15, 0.2) is 0 Å². The van der Waals surface area contributed by atoms with Crippen LogP contribution in [0.3, 0.4) is 0 Å². The second-order valence-corrected chi connectivity index (χ2v) is 3.50. The zero-order valence-electron chi connectivity index (χ0n) is 9.62. The lowest BCUT2D eigenvalue weighted by molar-refractivity contribution is 0.0321. The molecule has 0 saturated heterocycles. The largest absolute Gasteiger partial charge is 0.394 e. The van der Waals surface area contributed by atoms with Gasteiger partial charge < -0.3 is 20.3 Å². The molecular formula is C11H25NO3. The van der Waals surface area contributed by atoms with Crippen molar-refractivity contribution >= 4 is 0 Å². The summed E-state index contributed by atoms with van der Waals surface area (Å²) in [5.74, 6) is 0. The molecular weight excluding hydrogens is 194 g/mol. The van der Waals surface area contributed by atoms with E-state index in [0.717, 1.165) is 26.0 Å². The van der Waals surface area contributed by atoms with Crippen LogP contribution in [-0.4, -0.2) is 44.7 Å². The van der Waals surface area contributed by atoms with Crippen LogP contribution in [0.2, 0.25) is 0 Å². The number of hydrogen-bond acceptors (Lipinski definition) is 4. The van der Waals surface area contributed by atoms with Gasteiger partial charge in [0, 0.05) is 6.61 Å². The van der Waals surface area contributed by atoms with E-state index < -0.39 is 0 Å². The predicted octanol–water partition coefficient (Wildman–Crippen LogP) is 0.921. The summed E-state index contributed by atoms with van der Waals surface area (Å²) in [7, 11) is 0. The lowest BCUT2D eigenvalue weighted by atomic mass is 10.1. The van der Waals surface area contributed by atoms with Crippen molar-refractivity contribution in [2.45, 2.75) is 32.1 Å². The minimum absolute atomic E-state index is 0.0845. The fourth-order valence-electron chi connectivity index (χ4n) is 1.27. The van der Waals surface area contributed by atoms with Crippen LogP contribution in [0.4, 0.5) is 0 Å². The zero-order chi connectivity index (χ0) is 11.2. The van der Waals surface area contributed by atoms with Crippen molar-refractivity contribution in [1.82, 2.24) is 0 Å². The Balaban J connectivity index is 2.81. The monoisotopic (exact) mass is 219 g/mol. The Labute approximate surface area is 92.7 Å². The smallest absolute Gasteiger partial charge is 0.0701 e. The number of rotatable bonds is 12. The third kappa shape index (κ3) is 13.8. The van der Waals surface area contributed by atoms with Gasteiger partial charge in [-0.05, 0) is 19.4 Å². The minimum Gasteiger partial charge on any atom is -0.394 e. The van der Waals surface area contributed by atoms with E-state index in [1.54, 1.807) is 0 Å². The molecule has 0 rings (SSSR count). The molecule has 92 valence electrons. The molecule has 0 fully saturated rings. The van der Waals surface area contributed by atoms with Gasteiger partial charge in [-0.1, -0.05) is 19.3 Å². The molecule has 0 bridgehead atoms. The molecule has 0 aliphatic carbocycles. The third-order valence-corrected chi connectivity index (χ3v) is 2.10. The van der Waals surface area contributed by atoms with Crippen molar-refractivity contribution in [3.63, 3.8) is 0 Å². The van der Waals surface area contributed by atoms with E-state index in [1.165, 1.54) is 19.3 Å². The zero-order valence-corrected chi connectivity index (χ0v) is 9.62. The van der Waals surface area contributed by atoms with Crippen molar-refractivity contribution in [1.29, 1.82) is 0 Å². The first-order chi connectivity index (χ1) is 7.41. The summed E-state index contributed by atoms with van der Waals surface area (Å²) in [5.41, 5.74) is 5.39. The number of unbranched alkanes of at least 4 members (excludes halogenated alkanes) is 4. The van der Waals surface area contributed by atoms with Crippen LogP contribution in [0.25, 0.3) is 0 Å². The second-order valence-electron chi connectivity index (χ2n) is 3.50. The molecule has 0 spiro atoms. The van der Waals surface area contributed by atoms with Crippen LogP contribution in [-0.2, 0) is 9.47 Å². The number of aliphatic hydroxyl groups excluding tert-OH is 1. The SMILES string of the molecule is NCCCCCCCOCCOCCO. The van der Waals surface area contributed by atoms with Crippen molar-refractivity contribution in [3.05, 3.63) is 0 Å². The Kier molecular flexibility index (Phi) is 13.7. The van der Waals surface area contributed by atoms with Crippen LogP contribution >= 0.6 is 0 Å². The molecule has 0 radical (unpaired) electrons. The second kappa shape index (κ2) is 13.8. The van der Waals surface area contributed by atoms with Gasteiger partial charge in [-0.3, -0.25) is 0 Å². The Morgan fingerprint density at radius 2 is 1.33 bits per heavy atom. The van der Waals surface area contributed by atoms with Crippen LogP contribution in [0.5, 0.6) is 0 Å². The van der Waals surface area contributed by atoms with Crippen LogP contribution in [0.1, 0.15) is 32.1 Å². The molecule has 0 aliphatic rings. The molecule has 0 unspecified atom stereocenters. The predicted molar refractivity (Wildman–Crippen MR) is 60.9 cm³/mol. The molecule has 0 amide bonds. The Morgan fingerprint density at radius 1 is 0.733 bits per heavy atom. The summed E-state index contributed by atoms with van der Waals surface area (Å²) in [6.07, 6.45) is 5.95. The molecule has 0 saturated carbocycles. The summed E-state index contributed by atoms with van der Waals surface area (Å²) in [4.78, 5) is 0. The highest BCUT2D eigenvalue weighted by atomic mass is 16.5. The Morgan fingerprint density at radius 3 is 2.00 bits per heavy atom. The lowest BCUT2D eigenvalue weighted by Crippen LogP contribution is -2.07. The molecule has 0 atom stereocenters. The summed E-state index contributed by atoms with van der Waals surface area (Å²) < 4.78 is 10.4. The molecule has 3 N–H and O–H groups in total. The first-order valence-electron chi connectivity index (χ1n) is 5.88. The first kappa shape index (κ1) is 14.8. The first-order valence-corrected chi connectivity index (χ1v) is 5.88. The van der Waals surface area contributed by atoms with Crippen molar-refractivity contribution in [2.75, 3.05) is 39.6 Å². The van der Waals surface area contributed by atoms with E-state index in [-0.39, 0.29) is 6.61 Å². The lowest BCUT2D eigenvalue weighted by Gasteiger charge is -2.04. The Hall–Kier alpha value is -0.160. The maximum Gasteiger partial charge on any atom is 0.0701 e. The third-order valence-electron chi connectivity index (χ3n) is 2.10. The molecule has 4 nitrogen and oxygen atoms in total. The maximum atomic E-state index is 8.44. The van der Waals surface area contributed by atoms with E-state index >= 15 is 0 Å². The van der Waals surface area contributed by atoms with Gasteiger partial charge in [0.05, 0.1) is 26.4 Å². The number of aliphatic hydroxyl groups is 1. The fraction of sp³-hybridized carbons (Fsp3) is 1.00. The molecule has 0 aromatic heterocycles. The molecule has 0 aromatic rings. The average molecular weight is 219 g/mol. The van der Waals surface area contributed by atoms with Crippen molar-refractivity contribution in [3.8, 4) is 0 Å². The number of ether oxygens (including phenoxy) is 2. The molecule has 4 heteroatoms. The molecule has 15 heavy (non-hydrogen) atoms. The summed E-state index contributed by atoms with van der Waals surface area (Å²) in [6, 6.07) is 0. The van der Waals surface area contributed by atoms with E-state index in [2.05, 4.69) is 0 Å². The van der Waals surface area contributed by atoms with Gasteiger partial charge in [0.15, 0.2) is 0 Å². The standard InChI is InChI=1S/C11H25NO3/c12-6-4-2-1-3-5-8-14-10-11-15-9-7-13/h13H,1-12H2. The van der Waals surface area contributed by atoms with Gasteiger partial charge in [-0.2, -0.15) is 0 Å². The van der Waals surface area contributed by atoms with Crippen LogP contribution < -0.4 is 5.73 Å². The number of hydrogen-bond donors (Lipinski definition) is 2. The van der Waals surface area contributed by atoms with Gasteiger partial charge in [-0.25, -0.2) is 0 Å². The van der Waals surface area contributed by atoms with Crippen molar-refractivity contribution < 1.29 is 14.6 Å². The number of nitrogens with two attached hydrogens (primary N) is 1. The van der Waals surface area contributed by atoms with Gasteiger partial charge in [0.25, 0.3) is 0 Å². The van der Waals surface area contributed by atoms with E-state index in [1.807, 2.05) is 0 Å². The van der Waals surface area contributed by atoms with E-state index in [4.69, 9.17) is 20.3 Å². The normalized spacial score (nSPS) is 10.8. The van der Waals surface area contributed by atoms with E-state index in [0.29, 0.717) is 19.8 Å². The van der Waals surface area contributed by atoms with Crippen LogP contribution in [0, 0.1) is 0 Å². The van der Waals surface area contributed by atoms with Gasteiger partial charge in [0.2, 0.25) is 0 Å². The minimum atomic E-state index is 0.0845. The summed E-state index contributed by atoms with van der Waals surface area (Å²) in [5, 5.41) is 8.44. The quantitative estimate of drug-likeness (QED) is 0.479. The maximum absolute atomic E-state index is 8.44. The summed E-state index contributed by atoms with van der Waals surface area (Å²) in [6.45, 7) is 3.31. The highest BCUT2D eigenvalue weighted by Gasteiger charge is 1.91. The molecule has 0 aliphatic heterocycles. The Bertz CT molecular complexity index is 100. The average Bonchev–Trinajstić information content (AvgIpc) is 2.26. The molecule has 0 heterocycles. The van der Waals surface area contributed by atoms with Gasteiger partial charge >= 0.3 is 0 Å². The highest BCUT2D eigenvalue weighted by molar-refractivity contribution is 4.44. The fourth-order valence-corrected chi connectivity index (χ4v) is 1.27. The van der Waals surface area contributed by atoms with Gasteiger partial charge in [0.1, 0.15) is 0 Å². The van der Waals surface area contributed by atoms with Crippen molar-refractivity contribution in [2.24, 2.45) is 5.73 Å².